The molecule has 0 amide bonds. The summed E-state index contributed by atoms with van der Waals surface area (Å²) in [5, 5.41) is 11.8. The molecule has 0 atom stereocenters. The minimum atomic E-state index is 0.0157. The van der Waals surface area contributed by atoms with Gasteiger partial charge in [0.1, 0.15) is 24.7 Å². The molecule has 4 nitrogen and oxygen atoms in total. The number of hydrogen-bond acceptors (Lipinski definition) is 5. The molecule has 0 aliphatic carbocycles. The summed E-state index contributed by atoms with van der Waals surface area (Å²) in [6.45, 7) is 2.89. The van der Waals surface area contributed by atoms with Gasteiger partial charge in [0.15, 0.2) is 0 Å². The second-order valence-corrected chi connectivity index (χ2v) is 4.86. The molecule has 2 rings (SSSR count). The fourth-order valence-electron chi connectivity index (χ4n) is 1.53. The van der Waals surface area contributed by atoms with Crippen LogP contribution in [0.25, 0.3) is 0 Å². The van der Waals surface area contributed by atoms with Gasteiger partial charge in [-0.05, 0) is 30.7 Å². The maximum atomic E-state index is 8.66. The lowest BCUT2D eigenvalue weighted by molar-refractivity contribution is 0.201. The van der Waals surface area contributed by atoms with E-state index in [1.54, 1.807) is 11.3 Å². The lowest BCUT2D eigenvalue weighted by atomic mass is 10.3. The Kier molecular flexibility index (Phi) is 5.18. The Morgan fingerprint density at radius 3 is 2.42 bits per heavy atom. The fraction of sp³-hybridized carbons (Fsp3) is 0.357. The van der Waals surface area contributed by atoms with Gasteiger partial charge in [-0.2, -0.15) is 0 Å². The third-order valence-corrected chi connectivity index (χ3v) is 3.51. The molecule has 0 aliphatic rings. The van der Waals surface area contributed by atoms with Crippen LogP contribution in [0.15, 0.2) is 29.6 Å². The van der Waals surface area contributed by atoms with Gasteiger partial charge >= 0.3 is 0 Å². The molecule has 2 aromatic rings. The second-order valence-electron chi connectivity index (χ2n) is 3.92. The van der Waals surface area contributed by atoms with Crippen LogP contribution in [0.5, 0.6) is 11.5 Å². The van der Waals surface area contributed by atoms with Crippen LogP contribution < -0.4 is 9.47 Å². The van der Waals surface area contributed by atoms with E-state index in [0.29, 0.717) is 13.2 Å². The molecule has 1 aromatic carbocycles. The number of rotatable bonds is 7. The van der Waals surface area contributed by atoms with E-state index in [9.17, 15) is 0 Å². The first kappa shape index (κ1) is 13.8. The minimum absolute atomic E-state index is 0.0157. The van der Waals surface area contributed by atoms with E-state index in [0.717, 1.165) is 28.6 Å². The van der Waals surface area contributed by atoms with Gasteiger partial charge in [-0.15, -0.1) is 11.3 Å². The Morgan fingerprint density at radius 1 is 1.16 bits per heavy atom. The monoisotopic (exact) mass is 279 g/mol. The van der Waals surface area contributed by atoms with Gasteiger partial charge in [-0.25, -0.2) is 4.98 Å². The number of aryl methyl sites for hydroxylation is 1. The highest BCUT2D eigenvalue weighted by molar-refractivity contribution is 7.09. The number of thiazole rings is 1. The van der Waals surface area contributed by atoms with E-state index < -0.39 is 0 Å². The number of ether oxygens (including phenoxy) is 2. The van der Waals surface area contributed by atoms with Gasteiger partial charge in [0.25, 0.3) is 0 Å². The summed E-state index contributed by atoms with van der Waals surface area (Å²) in [6, 6.07) is 7.34. The van der Waals surface area contributed by atoms with E-state index >= 15 is 0 Å². The number of aromatic nitrogens is 1. The van der Waals surface area contributed by atoms with Crippen molar-refractivity contribution in [3.63, 3.8) is 0 Å². The van der Waals surface area contributed by atoms with E-state index in [1.165, 1.54) is 0 Å². The number of aliphatic hydroxyl groups excluding tert-OH is 1. The maximum Gasteiger partial charge on any atom is 0.131 e. The standard InChI is InChI=1S/C14H17NO3S/c1-2-14-15-11(10-19-14)9-18-13-5-3-12(4-6-13)17-8-7-16/h3-6,10,16H,2,7-9H2,1H3. The van der Waals surface area contributed by atoms with E-state index in [1.807, 2.05) is 29.6 Å². The molecule has 0 spiro atoms. The van der Waals surface area contributed by atoms with Gasteiger partial charge in [0, 0.05) is 5.38 Å². The summed E-state index contributed by atoms with van der Waals surface area (Å²) in [6.07, 6.45) is 0.960. The van der Waals surface area contributed by atoms with Gasteiger partial charge in [-0.1, -0.05) is 6.92 Å². The zero-order valence-corrected chi connectivity index (χ0v) is 11.7. The van der Waals surface area contributed by atoms with Crippen LogP contribution in [0.4, 0.5) is 0 Å². The number of hydrogen-bond donors (Lipinski definition) is 1. The highest BCUT2D eigenvalue weighted by Gasteiger charge is 2.02. The van der Waals surface area contributed by atoms with Crippen LogP contribution in [0.3, 0.4) is 0 Å². The first-order valence-corrected chi connectivity index (χ1v) is 7.09. The van der Waals surface area contributed by atoms with Crippen molar-refractivity contribution in [2.75, 3.05) is 13.2 Å². The second kappa shape index (κ2) is 7.11. The van der Waals surface area contributed by atoms with Crippen LogP contribution in [0.2, 0.25) is 0 Å². The molecule has 5 heteroatoms. The molecule has 0 aliphatic heterocycles. The van der Waals surface area contributed by atoms with Crippen LogP contribution >= 0.6 is 11.3 Å². The normalized spacial score (nSPS) is 10.4. The van der Waals surface area contributed by atoms with E-state index in [2.05, 4.69) is 11.9 Å². The smallest absolute Gasteiger partial charge is 0.131 e. The zero-order chi connectivity index (χ0) is 13.5. The summed E-state index contributed by atoms with van der Waals surface area (Å²) < 4.78 is 10.9. The Morgan fingerprint density at radius 2 is 1.84 bits per heavy atom. The lowest BCUT2D eigenvalue weighted by Gasteiger charge is -2.06. The Hall–Kier alpha value is -1.59. The van der Waals surface area contributed by atoms with Gasteiger partial charge < -0.3 is 14.6 Å². The third kappa shape index (κ3) is 4.22. The molecule has 0 bridgehead atoms. The summed E-state index contributed by atoms with van der Waals surface area (Å²) in [7, 11) is 0. The number of nitrogens with zero attached hydrogens (tertiary/aromatic N) is 1. The van der Waals surface area contributed by atoms with Crippen LogP contribution in [-0.4, -0.2) is 23.3 Å². The van der Waals surface area contributed by atoms with E-state index in [-0.39, 0.29) is 6.61 Å². The quantitative estimate of drug-likeness (QED) is 0.846. The van der Waals surface area contributed by atoms with Gasteiger partial charge in [-0.3, -0.25) is 0 Å². The molecule has 102 valence electrons. The van der Waals surface area contributed by atoms with Gasteiger partial charge in [0.2, 0.25) is 0 Å². The number of aliphatic hydroxyl groups is 1. The summed E-state index contributed by atoms with van der Waals surface area (Å²) >= 11 is 1.66. The summed E-state index contributed by atoms with van der Waals surface area (Å²) in [4.78, 5) is 4.44. The molecule has 1 aromatic heterocycles. The van der Waals surface area contributed by atoms with Crippen molar-refractivity contribution in [1.82, 2.24) is 4.98 Å². The Labute approximate surface area is 116 Å². The third-order valence-electron chi connectivity index (χ3n) is 2.47. The van der Waals surface area contributed by atoms with Crippen molar-refractivity contribution in [1.29, 1.82) is 0 Å². The van der Waals surface area contributed by atoms with Gasteiger partial charge in [0.05, 0.1) is 17.3 Å². The van der Waals surface area contributed by atoms with Crippen molar-refractivity contribution in [2.24, 2.45) is 0 Å². The molecule has 0 saturated heterocycles. The first-order chi connectivity index (χ1) is 9.31. The first-order valence-electron chi connectivity index (χ1n) is 6.21. The lowest BCUT2D eigenvalue weighted by Crippen LogP contribution is -2.01. The SMILES string of the molecule is CCc1nc(COc2ccc(OCCO)cc2)cs1. The molecule has 0 radical (unpaired) electrons. The van der Waals surface area contributed by atoms with Crippen LogP contribution in [-0.2, 0) is 13.0 Å². The Balaban J connectivity index is 1.85. The van der Waals surface area contributed by atoms with Crippen molar-refractivity contribution >= 4 is 11.3 Å². The molecule has 0 unspecified atom stereocenters. The summed E-state index contributed by atoms with van der Waals surface area (Å²) in [5.74, 6) is 1.51. The van der Waals surface area contributed by atoms with Crippen molar-refractivity contribution in [3.8, 4) is 11.5 Å². The Bertz CT molecular complexity index is 496. The predicted octanol–water partition coefficient (Wildman–Crippen LogP) is 2.66. The summed E-state index contributed by atoms with van der Waals surface area (Å²) in [5.41, 5.74) is 0.961. The van der Waals surface area contributed by atoms with E-state index in [4.69, 9.17) is 14.6 Å². The maximum absolute atomic E-state index is 8.66. The average Bonchev–Trinajstić information content (AvgIpc) is 2.92. The minimum Gasteiger partial charge on any atom is -0.491 e. The average molecular weight is 279 g/mol. The van der Waals surface area contributed by atoms with Crippen molar-refractivity contribution in [3.05, 3.63) is 40.3 Å². The number of benzene rings is 1. The highest BCUT2D eigenvalue weighted by atomic mass is 32.1. The molecule has 19 heavy (non-hydrogen) atoms. The van der Waals surface area contributed by atoms with Crippen molar-refractivity contribution in [2.45, 2.75) is 20.0 Å². The molecule has 1 N–H and O–H groups in total. The molecule has 0 fully saturated rings. The predicted molar refractivity (Wildman–Crippen MR) is 74.8 cm³/mol. The van der Waals surface area contributed by atoms with Crippen LogP contribution in [0.1, 0.15) is 17.6 Å². The molecule has 1 heterocycles. The molecular formula is C14H17NO3S. The molecule has 0 saturated carbocycles. The molecular weight excluding hydrogens is 262 g/mol. The van der Waals surface area contributed by atoms with Crippen molar-refractivity contribution < 1.29 is 14.6 Å². The zero-order valence-electron chi connectivity index (χ0n) is 10.8. The fourth-order valence-corrected chi connectivity index (χ4v) is 2.26. The highest BCUT2D eigenvalue weighted by Crippen LogP contribution is 2.19. The largest absolute Gasteiger partial charge is 0.491 e. The van der Waals surface area contributed by atoms with Crippen LogP contribution in [0, 0.1) is 0 Å². The topological polar surface area (TPSA) is 51.6 Å².